The van der Waals surface area contributed by atoms with Gasteiger partial charge in [-0.15, -0.1) is 0 Å². The van der Waals surface area contributed by atoms with Crippen molar-refractivity contribution >= 4 is 29.1 Å². The minimum atomic E-state index is -0.693. The summed E-state index contributed by atoms with van der Waals surface area (Å²) < 4.78 is 13.1. The highest BCUT2D eigenvalue weighted by Gasteiger charge is 2.50. The first-order chi connectivity index (χ1) is 23.4. The van der Waals surface area contributed by atoms with Gasteiger partial charge in [-0.3, -0.25) is 19.6 Å². The second-order valence-electron chi connectivity index (χ2n) is 12.7. The van der Waals surface area contributed by atoms with Crippen LogP contribution in [-0.2, 0) is 30.5 Å². The van der Waals surface area contributed by atoms with E-state index in [1.807, 2.05) is 60.7 Å². The van der Waals surface area contributed by atoms with Crippen LogP contribution in [0.3, 0.4) is 0 Å². The highest BCUT2D eigenvalue weighted by molar-refractivity contribution is 5.93. The van der Waals surface area contributed by atoms with Gasteiger partial charge in [0.05, 0.1) is 25.5 Å². The fourth-order valence-corrected chi connectivity index (χ4v) is 6.91. The molecule has 1 spiro atoms. The summed E-state index contributed by atoms with van der Waals surface area (Å²) in [7, 11) is 0. The van der Waals surface area contributed by atoms with E-state index in [1.54, 1.807) is 11.5 Å². The summed E-state index contributed by atoms with van der Waals surface area (Å²) in [4.78, 5) is 41.6. The highest BCUT2D eigenvalue weighted by Crippen LogP contribution is 2.40. The zero-order chi connectivity index (χ0) is 33.5. The minimum Gasteiger partial charge on any atom is -0.392 e. The normalized spacial score (nSPS) is 22.3. The molecule has 12 heteroatoms. The number of rotatable bonds is 11. The van der Waals surface area contributed by atoms with Crippen LogP contribution in [0, 0.1) is 0 Å². The van der Waals surface area contributed by atoms with Crippen LogP contribution < -0.4 is 21.0 Å². The Hall–Kier alpha value is -4.33. The minimum absolute atomic E-state index is 0.0382. The number of hydrogen-bond donors (Lipinski definition) is 5. The van der Waals surface area contributed by atoms with Gasteiger partial charge in [0.1, 0.15) is 5.54 Å². The van der Waals surface area contributed by atoms with E-state index >= 15 is 0 Å². The molecule has 12 nitrogen and oxygen atoms in total. The van der Waals surface area contributed by atoms with Crippen molar-refractivity contribution in [3.05, 3.63) is 95.6 Å². The maximum Gasteiger partial charge on any atom is 0.247 e. The molecule has 3 amide bonds. The second-order valence-corrected chi connectivity index (χ2v) is 12.7. The molecule has 48 heavy (non-hydrogen) atoms. The summed E-state index contributed by atoms with van der Waals surface area (Å²) in [5, 5.41) is 24.2. The zero-order valence-electron chi connectivity index (χ0n) is 26.8. The van der Waals surface area contributed by atoms with Crippen molar-refractivity contribution in [1.29, 1.82) is 0 Å². The molecular weight excluding hydrogens is 614 g/mol. The fraction of sp³-hybridized carbons (Fsp3) is 0.417. The number of amides is 3. The number of hydrogen-bond acceptors (Lipinski definition) is 9. The lowest BCUT2D eigenvalue weighted by Gasteiger charge is -2.45. The second kappa shape index (κ2) is 15.3. The number of ether oxygens (including phenoxy) is 2. The smallest absolute Gasteiger partial charge is 0.247 e. The number of hydroxylamine groups is 1. The molecule has 3 heterocycles. The van der Waals surface area contributed by atoms with Crippen LogP contribution in [0.4, 0.5) is 11.4 Å². The summed E-state index contributed by atoms with van der Waals surface area (Å²) in [5.41, 5.74) is 5.20. The van der Waals surface area contributed by atoms with Crippen LogP contribution >= 0.6 is 0 Å². The van der Waals surface area contributed by atoms with Crippen LogP contribution in [0.2, 0.25) is 0 Å². The molecule has 3 aromatic carbocycles. The van der Waals surface area contributed by atoms with Crippen molar-refractivity contribution in [2.45, 2.75) is 69.2 Å². The molecule has 3 fully saturated rings. The van der Waals surface area contributed by atoms with Gasteiger partial charge in [-0.05, 0) is 54.7 Å². The number of likely N-dealkylation sites (tertiary alicyclic amines) is 1. The maximum atomic E-state index is 13.2. The molecule has 6 rings (SSSR count). The Labute approximate surface area is 280 Å². The lowest BCUT2D eigenvalue weighted by Crippen LogP contribution is -2.57. The standard InChI is InChI=1S/C36H43N5O7/c42-23-25-12-14-26(15-13-25)31-21-30(22-40-18-16-36(17-19-40)35(45)37-24-41(36)29-8-2-1-3-9-29)47-34(48-31)27-6-4-7-28(20-27)38-32(43)10-5-11-33(44)39-46/h1-4,6-9,12-15,20,30-31,34,42,46H,5,10-11,16-19,21-24H2,(H,37,45)(H,38,43)(H,39,44). The third-order valence-electron chi connectivity index (χ3n) is 9.54. The number of benzene rings is 3. The number of para-hydroxylation sites is 1. The topological polar surface area (TPSA) is 153 Å². The Bertz CT molecular complexity index is 1560. The van der Waals surface area contributed by atoms with E-state index in [1.165, 1.54) is 0 Å². The lowest BCUT2D eigenvalue weighted by atomic mass is 9.85. The maximum absolute atomic E-state index is 13.2. The van der Waals surface area contributed by atoms with Gasteiger partial charge < -0.3 is 35.0 Å². The first-order valence-corrected chi connectivity index (χ1v) is 16.5. The van der Waals surface area contributed by atoms with Crippen LogP contribution in [0.15, 0.2) is 78.9 Å². The van der Waals surface area contributed by atoms with Gasteiger partial charge in [0.15, 0.2) is 6.29 Å². The number of aliphatic hydroxyl groups is 1. The molecule has 0 bridgehead atoms. The molecule has 0 aliphatic carbocycles. The molecule has 3 saturated heterocycles. The molecule has 254 valence electrons. The van der Waals surface area contributed by atoms with Crippen molar-refractivity contribution in [2.75, 3.05) is 36.5 Å². The number of carbonyl (C=O) groups is 3. The van der Waals surface area contributed by atoms with Crippen molar-refractivity contribution < 1.29 is 34.2 Å². The predicted molar refractivity (Wildman–Crippen MR) is 178 cm³/mol. The van der Waals surface area contributed by atoms with E-state index in [0.717, 1.165) is 35.5 Å². The molecular formula is C36H43N5O7. The quantitative estimate of drug-likeness (QED) is 0.153. The summed E-state index contributed by atoms with van der Waals surface area (Å²) in [5.74, 6) is -0.691. The van der Waals surface area contributed by atoms with Crippen LogP contribution in [0.25, 0.3) is 0 Å². The summed E-state index contributed by atoms with van der Waals surface area (Å²) in [6, 6.07) is 25.2. The number of aliphatic hydroxyl groups excluding tert-OH is 1. The van der Waals surface area contributed by atoms with E-state index in [9.17, 15) is 19.5 Å². The summed E-state index contributed by atoms with van der Waals surface area (Å²) >= 11 is 0. The number of carbonyl (C=O) groups excluding carboxylic acids is 3. The van der Waals surface area contributed by atoms with Gasteiger partial charge in [-0.2, -0.15) is 0 Å². The average molecular weight is 658 g/mol. The predicted octanol–water partition coefficient (Wildman–Crippen LogP) is 3.77. The van der Waals surface area contributed by atoms with Gasteiger partial charge in [0, 0.05) is 55.8 Å². The van der Waals surface area contributed by atoms with E-state index in [-0.39, 0.29) is 43.5 Å². The number of nitrogens with zero attached hydrogens (tertiary/aromatic N) is 2. The van der Waals surface area contributed by atoms with Gasteiger partial charge in [0.2, 0.25) is 17.7 Å². The Morgan fingerprint density at radius 1 is 0.917 bits per heavy atom. The molecule has 0 radical (unpaired) electrons. The van der Waals surface area contributed by atoms with E-state index < -0.39 is 17.7 Å². The first kappa shape index (κ1) is 33.6. The molecule has 3 unspecified atom stereocenters. The lowest BCUT2D eigenvalue weighted by molar-refractivity contribution is -0.253. The third-order valence-corrected chi connectivity index (χ3v) is 9.54. The highest BCUT2D eigenvalue weighted by atomic mass is 16.7. The van der Waals surface area contributed by atoms with Gasteiger partial charge in [-0.25, -0.2) is 5.48 Å². The third kappa shape index (κ3) is 7.69. The molecule has 0 aromatic heterocycles. The number of anilines is 2. The molecule has 3 atom stereocenters. The molecule has 3 aliphatic rings. The van der Waals surface area contributed by atoms with Gasteiger partial charge in [-0.1, -0.05) is 54.6 Å². The monoisotopic (exact) mass is 657 g/mol. The molecule has 3 aliphatic heterocycles. The molecule has 5 N–H and O–H groups in total. The Morgan fingerprint density at radius 2 is 1.67 bits per heavy atom. The van der Waals surface area contributed by atoms with Crippen LogP contribution in [0.1, 0.15) is 67.6 Å². The SMILES string of the molecule is O=C(CCCC(=O)Nc1cccc(C2OC(CN3CCC4(CC3)C(=O)NCN4c3ccccc3)CC(c3ccc(CO)cc3)O2)c1)NO. The fourth-order valence-electron chi connectivity index (χ4n) is 6.91. The summed E-state index contributed by atoms with van der Waals surface area (Å²) in [6.45, 7) is 2.64. The number of piperidine rings is 1. The van der Waals surface area contributed by atoms with E-state index in [0.29, 0.717) is 44.6 Å². The van der Waals surface area contributed by atoms with Gasteiger partial charge >= 0.3 is 0 Å². The molecule has 3 aromatic rings. The Morgan fingerprint density at radius 3 is 2.40 bits per heavy atom. The Kier molecular flexibility index (Phi) is 10.7. The summed E-state index contributed by atoms with van der Waals surface area (Å²) in [6.07, 6.45) is 1.40. The van der Waals surface area contributed by atoms with E-state index in [4.69, 9.17) is 14.7 Å². The van der Waals surface area contributed by atoms with Crippen LogP contribution in [0.5, 0.6) is 0 Å². The van der Waals surface area contributed by atoms with Crippen molar-refractivity contribution in [1.82, 2.24) is 15.7 Å². The average Bonchev–Trinajstić information content (AvgIpc) is 3.43. The zero-order valence-corrected chi connectivity index (χ0v) is 26.8. The van der Waals surface area contributed by atoms with E-state index in [2.05, 4.69) is 32.6 Å². The van der Waals surface area contributed by atoms with Crippen LogP contribution in [-0.4, -0.2) is 70.9 Å². The first-order valence-electron chi connectivity index (χ1n) is 16.5. The number of nitrogens with one attached hydrogen (secondary N) is 3. The molecule has 0 saturated carbocycles. The van der Waals surface area contributed by atoms with Crippen molar-refractivity contribution in [3.8, 4) is 0 Å². The van der Waals surface area contributed by atoms with Crippen molar-refractivity contribution in [3.63, 3.8) is 0 Å². The largest absolute Gasteiger partial charge is 0.392 e. The Balaban J connectivity index is 1.14. The van der Waals surface area contributed by atoms with Crippen molar-refractivity contribution in [2.24, 2.45) is 0 Å². The van der Waals surface area contributed by atoms with Gasteiger partial charge in [0.25, 0.3) is 0 Å².